The fourth-order valence-corrected chi connectivity index (χ4v) is 3.21. The normalized spacial score (nSPS) is 20.2. The molecule has 1 aliphatic rings. The maximum absolute atomic E-state index is 12.2. The molecule has 19 heavy (non-hydrogen) atoms. The first-order chi connectivity index (χ1) is 9.13. The monoisotopic (exact) mass is 286 g/mol. The first-order valence-corrected chi connectivity index (χ1v) is 7.60. The summed E-state index contributed by atoms with van der Waals surface area (Å²) in [7, 11) is -3.61. The number of ether oxygens (including phenoxy) is 1. The zero-order chi connectivity index (χ0) is 13.7. The van der Waals surface area contributed by atoms with Gasteiger partial charge in [0, 0.05) is 25.5 Å². The molecule has 1 aromatic rings. The summed E-state index contributed by atoms with van der Waals surface area (Å²) in [5, 5.41) is 0. The molecule has 1 unspecified atom stereocenters. The smallest absolute Gasteiger partial charge is 0.244 e. The van der Waals surface area contributed by atoms with Gasteiger partial charge in [-0.25, -0.2) is 13.1 Å². The second kappa shape index (κ2) is 6.29. The summed E-state index contributed by atoms with van der Waals surface area (Å²) in [6, 6.07) is 1.51. The Bertz CT molecular complexity index is 514. The number of rotatable bonds is 5. The predicted octanol–water partition coefficient (Wildman–Crippen LogP) is 0.0721. The van der Waals surface area contributed by atoms with Gasteiger partial charge in [0.05, 0.1) is 12.3 Å². The molecule has 1 aliphatic heterocycles. The molecule has 1 saturated heterocycles. The number of hydrogen-bond acceptors (Lipinski definition) is 6. The lowest BCUT2D eigenvalue weighted by Gasteiger charge is -2.22. The molecule has 0 spiro atoms. The average Bonchev–Trinajstić information content (AvgIpc) is 2.46. The largest absolute Gasteiger partial charge is 0.381 e. The van der Waals surface area contributed by atoms with Gasteiger partial charge < -0.3 is 10.2 Å². The van der Waals surface area contributed by atoms with Crippen LogP contribution in [0.15, 0.2) is 23.4 Å². The highest BCUT2D eigenvalue weighted by Crippen LogP contribution is 2.19. The van der Waals surface area contributed by atoms with Crippen LogP contribution in [0.25, 0.3) is 0 Å². The molecule has 0 radical (unpaired) electrons. The second-order valence-electron chi connectivity index (χ2n) is 4.45. The predicted molar refractivity (Wildman–Crippen MR) is 70.8 cm³/mol. The third kappa shape index (κ3) is 3.63. The minimum absolute atomic E-state index is 0.0502. The van der Waals surface area contributed by atoms with Crippen LogP contribution in [-0.4, -0.2) is 33.2 Å². The summed E-state index contributed by atoms with van der Waals surface area (Å²) in [4.78, 5) is 3.87. The minimum atomic E-state index is -3.61. The van der Waals surface area contributed by atoms with Crippen molar-refractivity contribution in [1.82, 2.24) is 9.71 Å². The summed E-state index contributed by atoms with van der Waals surface area (Å²) >= 11 is 0. The molecule has 7 nitrogen and oxygen atoms in total. The van der Waals surface area contributed by atoms with Crippen molar-refractivity contribution in [3.05, 3.63) is 18.5 Å². The molecule has 2 rings (SSSR count). The van der Waals surface area contributed by atoms with E-state index in [-0.39, 0.29) is 10.8 Å². The number of anilines is 1. The Balaban J connectivity index is 2.05. The minimum Gasteiger partial charge on any atom is -0.381 e. The van der Waals surface area contributed by atoms with Gasteiger partial charge in [0.15, 0.2) is 0 Å². The van der Waals surface area contributed by atoms with E-state index in [2.05, 4.69) is 15.1 Å². The van der Waals surface area contributed by atoms with E-state index in [0.29, 0.717) is 18.8 Å². The SMILES string of the molecule is NNc1ccncc1S(=O)(=O)NCC1CCCOC1. The van der Waals surface area contributed by atoms with Crippen molar-refractivity contribution in [3.8, 4) is 0 Å². The summed E-state index contributed by atoms with van der Waals surface area (Å²) in [5.74, 6) is 5.51. The van der Waals surface area contributed by atoms with Crippen LogP contribution in [-0.2, 0) is 14.8 Å². The van der Waals surface area contributed by atoms with Gasteiger partial charge in [0.1, 0.15) is 4.90 Å². The molecule has 8 heteroatoms. The Morgan fingerprint density at radius 3 is 3.05 bits per heavy atom. The molecule has 0 aliphatic carbocycles. The highest BCUT2D eigenvalue weighted by Gasteiger charge is 2.21. The van der Waals surface area contributed by atoms with Gasteiger partial charge in [0.25, 0.3) is 0 Å². The fraction of sp³-hybridized carbons (Fsp3) is 0.545. The van der Waals surface area contributed by atoms with Gasteiger partial charge in [-0.2, -0.15) is 0 Å². The number of hydrazine groups is 1. The van der Waals surface area contributed by atoms with Crippen LogP contribution in [0.3, 0.4) is 0 Å². The Hall–Kier alpha value is -1.22. The van der Waals surface area contributed by atoms with Gasteiger partial charge in [-0.15, -0.1) is 0 Å². The molecule has 1 fully saturated rings. The van der Waals surface area contributed by atoms with E-state index in [1.54, 1.807) is 0 Å². The molecular formula is C11H18N4O3S. The second-order valence-corrected chi connectivity index (χ2v) is 6.19. The number of nitrogens with two attached hydrogens (primary N) is 1. The maximum atomic E-state index is 12.2. The van der Waals surface area contributed by atoms with Gasteiger partial charge in [-0.1, -0.05) is 0 Å². The molecule has 0 saturated carbocycles. The van der Waals surface area contributed by atoms with Crippen molar-refractivity contribution in [2.24, 2.45) is 11.8 Å². The van der Waals surface area contributed by atoms with Gasteiger partial charge >= 0.3 is 0 Å². The molecule has 1 aromatic heterocycles. The Labute approximate surface area is 112 Å². The summed E-state index contributed by atoms with van der Waals surface area (Å²) in [5.41, 5.74) is 2.68. The highest BCUT2D eigenvalue weighted by molar-refractivity contribution is 7.89. The van der Waals surface area contributed by atoms with E-state index in [1.165, 1.54) is 18.5 Å². The molecular weight excluding hydrogens is 268 g/mol. The van der Waals surface area contributed by atoms with Crippen LogP contribution in [0.2, 0.25) is 0 Å². The van der Waals surface area contributed by atoms with Crippen LogP contribution in [0, 0.1) is 5.92 Å². The highest BCUT2D eigenvalue weighted by atomic mass is 32.2. The number of sulfonamides is 1. The Morgan fingerprint density at radius 2 is 2.37 bits per heavy atom. The summed E-state index contributed by atoms with van der Waals surface area (Å²) < 4.78 is 32.2. The van der Waals surface area contributed by atoms with Gasteiger partial charge in [-0.05, 0) is 24.8 Å². The number of nitrogens with zero attached hydrogens (tertiary/aromatic N) is 1. The molecule has 1 atom stereocenters. The third-order valence-corrected chi connectivity index (χ3v) is 4.50. The van der Waals surface area contributed by atoms with Crippen molar-refractivity contribution in [1.29, 1.82) is 0 Å². The molecule has 106 valence electrons. The van der Waals surface area contributed by atoms with Crippen LogP contribution < -0.4 is 16.0 Å². The van der Waals surface area contributed by atoms with Crippen molar-refractivity contribution in [3.63, 3.8) is 0 Å². The number of pyridine rings is 1. The number of aromatic nitrogens is 1. The van der Waals surface area contributed by atoms with E-state index in [9.17, 15) is 8.42 Å². The van der Waals surface area contributed by atoms with Crippen molar-refractivity contribution < 1.29 is 13.2 Å². The molecule has 0 aromatic carbocycles. The fourth-order valence-electron chi connectivity index (χ4n) is 1.99. The van der Waals surface area contributed by atoms with E-state index in [0.717, 1.165) is 19.4 Å². The van der Waals surface area contributed by atoms with E-state index >= 15 is 0 Å². The summed E-state index contributed by atoms with van der Waals surface area (Å²) in [6.07, 6.45) is 4.69. The van der Waals surface area contributed by atoms with Crippen molar-refractivity contribution >= 4 is 15.7 Å². The molecule has 0 amide bonds. The third-order valence-electron chi connectivity index (χ3n) is 3.05. The Morgan fingerprint density at radius 1 is 1.53 bits per heavy atom. The van der Waals surface area contributed by atoms with Crippen LogP contribution >= 0.6 is 0 Å². The zero-order valence-electron chi connectivity index (χ0n) is 10.5. The Kier molecular flexibility index (Phi) is 4.70. The lowest BCUT2D eigenvalue weighted by molar-refractivity contribution is 0.0568. The lowest BCUT2D eigenvalue weighted by atomic mass is 10.0. The first-order valence-electron chi connectivity index (χ1n) is 6.11. The van der Waals surface area contributed by atoms with E-state index in [1.807, 2.05) is 0 Å². The van der Waals surface area contributed by atoms with Crippen LogP contribution in [0.5, 0.6) is 0 Å². The lowest BCUT2D eigenvalue weighted by Crippen LogP contribution is -2.33. The zero-order valence-corrected chi connectivity index (χ0v) is 11.3. The molecule has 2 heterocycles. The molecule has 4 N–H and O–H groups in total. The van der Waals surface area contributed by atoms with Crippen LogP contribution in [0.1, 0.15) is 12.8 Å². The van der Waals surface area contributed by atoms with Gasteiger partial charge in [-0.3, -0.25) is 10.8 Å². The standard InChI is InChI=1S/C11H18N4O3S/c12-15-10-3-4-13-7-11(10)19(16,17)14-6-9-2-1-5-18-8-9/h3-4,7,9,14H,1-2,5-6,8,12H2,(H,13,15). The topological polar surface area (TPSA) is 106 Å². The van der Waals surface area contributed by atoms with Gasteiger partial charge in [0.2, 0.25) is 10.0 Å². The van der Waals surface area contributed by atoms with E-state index < -0.39 is 10.0 Å². The quantitative estimate of drug-likeness (QED) is 0.522. The van der Waals surface area contributed by atoms with Crippen molar-refractivity contribution in [2.75, 3.05) is 25.2 Å². The first kappa shape index (κ1) is 14.2. The number of nitrogen functional groups attached to an aromatic ring is 1. The number of hydrogen-bond donors (Lipinski definition) is 3. The van der Waals surface area contributed by atoms with E-state index in [4.69, 9.17) is 10.6 Å². The maximum Gasteiger partial charge on any atom is 0.244 e. The average molecular weight is 286 g/mol. The number of nitrogens with one attached hydrogen (secondary N) is 2. The molecule has 0 bridgehead atoms. The van der Waals surface area contributed by atoms with Crippen molar-refractivity contribution in [2.45, 2.75) is 17.7 Å². The summed E-state index contributed by atoms with van der Waals surface area (Å²) in [6.45, 7) is 1.71. The van der Waals surface area contributed by atoms with Crippen LogP contribution in [0.4, 0.5) is 5.69 Å².